The predicted molar refractivity (Wildman–Crippen MR) is 148 cm³/mol. The highest BCUT2D eigenvalue weighted by atomic mass is 35.5. The Kier molecular flexibility index (Phi) is 8.78. The van der Waals surface area contributed by atoms with Crippen molar-refractivity contribution in [3.8, 4) is 11.4 Å². The quantitative estimate of drug-likeness (QED) is 0.127. The Morgan fingerprint density at radius 1 is 1.11 bits per heavy atom. The molecule has 9 nitrogen and oxygen atoms in total. The second-order valence-electron chi connectivity index (χ2n) is 8.03. The van der Waals surface area contributed by atoms with E-state index in [0.717, 1.165) is 17.4 Å². The number of carbonyl (C=O) groups excluding carboxylic acids is 1. The summed E-state index contributed by atoms with van der Waals surface area (Å²) in [5.74, 6) is 1.14. The van der Waals surface area contributed by atoms with Crippen LogP contribution in [0.1, 0.15) is 34.7 Å². The van der Waals surface area contributed by atoms with E-state index in [9.17, 15) is 14.9 Å². The highest BCUT2D eigenvalue weighted by Crippen LogP contribution is 2.33. The van der Waals surface area contributed by atoms with Gasteiger partial charge in [0.05, 0.1) is 28.8 Å². The third-order valence-electron chi connectivity index (χ3n) is 5.45. The molecule has 0 spiro atoms. The van der Waals surface area contributed by atoms with Crippen molar-refractivity contribution in [1.29, 1.82) is 0 Å². The summed E-state index contributed by atoms with van der Waals surface area (Å²) >= 11 is 20.1. The van der Waals surface area contributed by atoms with Crippen LogP contribution in [-0.4, -0.2) is 32.7 Å². The van der Waals surface area contributed by atoms with E-state index in [2.05, 4.69) is 15.5 Å². The van der Waals surface area contributed by atoms with E-state index < -0.39 is 16.9 Å². The Morgan fingerprint density at radius 3 is 2.61 bits per heavy atom. The molecule has 0 aliphatic rings. The standard InChI is InChI=1S/C25H20Cl3N5O4S/c1-14(29-24(34)16-6-8-20(28)22(11-16)33(35)36)23-30-31-25(32(23)21-12-17(26)7-9-19(21)27)38-13-15-4-3-5-18(10-15)37-2/h3-12,14H,13H2,1-2H3,(H,29,34). The van der Waals surface area contributed by atoms with Crippen LogP contribution in [0.3, 0.4) is 0 Å². The first-order valence-electron chi connectivity index (χ1n) is 11.1. The summed E-state index contributed by atoms with van der Waals surface area (Å²) in [7, 11) is 1.61. The second-order valence-corrected chi connectivity index (χ2v) is 10.2. The number of methoxy groups -OCH3 is 1. The van der Waals surface area contributed by atoms with Gasteiger partial charge >= 0.3 is 0 Å². The summed E-state index contributed by atoms with van der Waals surface area (Å²) in [4.78, 5) is 23.6. The number of nitrogens with one attached hydrogen (secondary N) is 1. The summed E-state index contributed by atoms with van der Waals surface area (Å²) in [6.45, 7) is 1.72. The number of hydrogen-bond acceptors (Lipinski definition) is 7. The molecule has 0 saturated carbocycles. The fourth-order valence-electron chi connectivity index (χ4n) is 3.59. The summed E-state index contributed by atoms with van der Waals surface area (Å²) < 4.78 is 7.04. The van der Waals surface area contributed by atoms with Crippen molar-refractivity contribution in [1.82, 2.24) is 20.1 Å². The minimum absolute atomic E-state index is 0.0624. The van der Waals surface area contributed by atoms with E-state index in [4.69, 9.17) is 39.5 Å². The molecule has 196 valence electrons. The van der Waals surface area contributed by atoms with E-state index >= 15 is 0 Å². The molecule has 1 aromatic heterocycles. The lowest BCUT2D eigenvalue weighted by molar-refractivity contribution is -0.384. The van der Waals surface area contributed by atoms with Crippen LogP contribution >= 0.6 is 46.6 Å². The van der Waals surface area contributed by atoms with Gasteiger partial charge in [-0.15, -0.1) is 10.2 Å². The number of carbonyl (C=O) groups is 1. The van der Waals surface area contributed by atoms with E-state index in [0.29, 0.717) is 32.5 Å². The Hall–Kier alpha value is -3.31. The molecule has 38 heavy (non-hydrogen) atoms. The zero-order valence-electron chi connectivity index (χ0n) is 20.0. The lowest BCUT2D eigenvalue weighted by atomic mass is 10.1. The molecule has 13 heteroatoms. The van der Waals surface area contributed by atoms with Crippen LogP contribution in [0.25, 0.3) is 5.69 Å². The van der Waals surface area contributed by atoms with Crippen molar-refractivity contribution in [3.63, 3.8) is 0 Å². The van der Waals surface area contributed by atoms with Crippen molar-refractivity contribution >= 4 is 58.2 Å². The van der Waals surface area contributed by atoms with Crippen LogP contribution in [0.4, 0.5) is 5.69 Å². The lowest BCUT2D eigenvalue weighted by Crippen LogP contribution is -2.28. The van der Waals surface area contributed by atoms with E-state index in [-0.39, 0.29) is 16.3 Å². The second kappa shape index (κ2) is 12.0. The SMILES string of the molecule is COc1cccc(CSc2nnc(C(C)NC(=O)c3ccc(Cl)c([N+](=O)[O-])c3)n2-c2cc(Cl)ccc2Cl)c1. The molecule has 1 unspecified atom stereocenters. The normalized spacial score (nSPS) is 11.7. The molecular formula is C25H20Cl3N5O4S. The van der Waals surface area contributed by atoms with Crippen LogP contribution in [-0.2, 0) is 5.75 Å². The predicted octanol–water partition coefficient (Wildman–Crippen LogP) is 6.93. The minimum Gasteiger partial charge on any atom is -0.497 e. The molecule has 0 saturated heterocycles. The molecule has 0 fully saturated rings. The van der Waals surface area contributed by atoms with Crippen molar-refractivity contribution < 1.29 is 14.5 Å². The highest BCUT2D eigenvalue weighted by molar-refractivity contribution is 7.98. The maximum atomic E-state index is 13.0. The topological polar surface area (TPSA) is 112 Å². The van der Waals surface area contributed by atoms with Crippen LogP contribution in [0.5, 0.6) is 5.75 Å². The molecule has 4 rings (SSSR count). The Bertz CT molecular complexity index is 1510. The van der Waals surface area contributed by atoms with Gasteiger partial charge in [0.2, 0.25) is 0 Å². The number of amides is 1. The first-order chi connectivity index (χ1) is 18.2. The van der Waals surface area contributed by atoms with Crippen molar-refractivity contribution in [2.75, 3.05) is 7.11 Å². The summed E-state index contributed by atoms with van der Waals surface area (Å²) in [6.07, 6.45) is 0. The smallest absolute Gasteiger partial charge is 0.288 e. The molecule has 3 aromatic carbocycles. The molecule has 1 amide bonds. The van der Waals surface area contributed by atoms with Crippen molar-refractivity contribution in [2.45, 2.75) is 23.9 Å². The molecule has 4 aromatic rings. The Labute approximate surface area is 237 Å². The number of hydrogen-bond donors (Lipinski definition) is 1. The summed E-state index contributed by atoms with van der Waals surface area (Å²) in [5, 5.41) is 24.1. The number of benzene rings is 3. The summed E-state index contributed by atoms with van der Waals surface area (Å²) in [5.41, 5.74) is 1.26. The molecule has 0 radical (unpaired) electrons. The fourth-order valence-corrected chi connectivity index (χ4v) is 5.04. The number of nitrogens with zero attached hydrogens (tertiary/aromatic N) is 4. The van der Waals surface area contributed by atoms with Crippen molar-refractivity contribution in [3.05, 3.63) is 103 Å². The first-order valence-corrected chi connectivity index (χ1v) is 13.2. The van der Waals surface area contributed by atoms with Gasteiger partial charge in [-0.05, 0) is 55.0 Å². The monoisotopic (exact) mass is 591 g/mol. The van der Waals surface area contributed by atoms with Crippen LogP contribution < -0.4 is 10.1 Å². The van der Waals surface area contributed by atoms with Gasteiger partial charge < -0.3 is 10.1 Å². The minimum atomic E-state index is -0.661. The van der Waals surface area contributed by atoms with Gasteiger partial charge in [0.25, 0.3) is 11.6 Å². The van der Waals surface area contributed by atoms with Gasteiger partial charge in [0.1, 0.15) is 10.8 Å². The van der Waals surface area contributed by atoms with Gasteiger partial charge in [-0.1, -0.05) is 58.7 Å². The highest BCUT2D eigenvalue weighted by Gasteiger charge is 2.24. The zero-order valence-corrected chi connectivity index (χ0v) is 23.1. The van der Waals surface area contributed by atoms with E-state index in [1.54, 1.807) is 36.8 Å². The van der Waals surface area contributed by atoms with Crippen LogP contribution in [0, 0.1) is 10.1 Å². The van der Waals surface area contributed by atoms with Gasteiger partial charge in [-0.25, -0.2) is 0 Å². The maximum Gasteiger partial charge on any atom is 0.288 e. The number of halogens is 3. The molecule has 1 atom stereocenters. The van der Waals surface area contributed by atoms with Gasteiger partial charge in [0.15, 0.2) is 11.0 Å². The molecule has 0 aliphatic carbocycles. The van der Waals surface area contributed by atoms with E-state index in [1.807, 2.05) is 24.3 Å². The molecule has 1 N–H and O–H groups in total. The Balaban J connectivity index is 1.66. The number of aromatic nitrogens is 3. The average molecular weight is 593 g/mol. The largest absolute Gasteiger partial charge is 0.497 e. The number of ether oxygens (including phenoxy) is 1. The zero-order chi connectivity index (χ0) is 27.4. The van der Waals surface area contributed by atoms with Crippen LogP contribution in [0.2, 0.25) is 15.1 Å². The number of nitro groups is 1. The van der Waals surface area contributed by atoms with Gasteiger partial charge in [-0.2, -0.15) is 0 Å². The number of nitro benzene ring substituents is 1. The van der Waals surface area contributed by atoms with Gasteiger partial charge in [-0.3, -0.25) is 19.5 Å². The third kappa shape index (κ3) is 6.21. The lowest BCUT2D eigenvalue weighted by Gasteiger charge is -2.17. The van der Waals surface area contributed by atoms with Crippen molar-refractivity contribution in [2.24, 2.45) is 0 Å². The molecular weight excluding hydrogens is 573 g/mol. The first kappa shape index (κ1) is 27.7. The molecule has 0 aliphatic heterocycles. The maximum absolute atomic E-state index is 13.0. The average Bonchev–Trinajstić information content (AvgIpc) is 3.33. The molecule has 0 bridgehead atoms. The number of rotatable bonds is 9. The van der Waals surface area contributed by atoms with E-state index in [1.165, 1.54) is 23.9 Å². The summed E-state index contributed by atoms with van der Waals surface area (Å²) in [6, 6.07) is 15.8. The molecule has 1 heterocycles. The third-order valence-corrected chi connectivity index (χ3v) is 7.32. The Morgan fingerprint density at radius 2 is 1.87 bits per heavy atom. The van der Waals surface area contributed by atoms with Crippen LogP contribution in [0.15, 0.2) is 65.8 Å². The van der Waals surface area contributed by atoms with Gasteiger partial charge in [0, 0.05) is 22.4 Å². The number of thioether (sulfide) groups is 1. The fraction of sp³-hybridized carbons (Fsp3) is 0.160.